The highest BCUT2D eigenvalue weighted by atomic mass is 32.2. The lowest BCUT2D eigenvalue weighted by molar-refractivity contribution is 0.226. The lowest BCUT2D eigenvalue weighted by Gasteiger charge is -2.29. The normalized spacial score (nSPS) is 33.1. The quantitative estimate of drug-likeness (QED) is 0.672. The minimum Gasteiger partial charge on any atom is -0.296 e. The number of hydrogen-bond donors (Lipinski definition) is 1. The SMILES string of the molecule is CN1C2C1C21Cc2cc(F)c(CCNS(=O)(=O)C3CCC3)cc2C1Cc1ccccc1. The standard InChI is InChI=1S/C25H29FN2O2S/c1-28-23-24(28)25(23)15-18-14-22(26)17(10-11-27-31(29,30)19-8-5-9-19)13-20(18)21(25)12-16-6-3-2-4-7-16/h2-4,6-7,13-14,19,21,23-24,27H,5,8-12,15H2,1H3. The van der Waals surface area contributed by atoms with Crippen LogP contribution in [0.4, 0.5) is 4.39 Å². The molecule has 1 spiro atoms. The van der Waals surface area contributed by atoms with Gasteiger partial charge in [-0.2, -0.15) is 0 Å². The summed E-state index contributed by atoms with van der Waals surface area (Å²) in [6.07, 6.45) is 4.79. The van der Waals surface area contributed by atoms with E-state index in [2.05, 4.69) is 40.9 Å². The summed E-state index contributed by atoms with van der Waals surface area (Å²) >= 11 is 0. The van der Waals surface area contributed by atoms with Gasteiger partial charge in [-0.25, -0.2) is 17.5 Å². The van der Waals surface area contributed by atoms with Crippen LogP contribution in [0.5, 0.6) is 0 Å². The summed E-state index contributed by atoms with van der Waals surface area (Å²) in [5, 5.41) is -0.258. The Morgan fingerprint density at radius 3 is 2.55 bits per heavy atom. The summed E-state index contributed by atoms with van der Waals surface area (Å²) in [5.74, 6) is 0.210. The molecule has 6 rings (SSSR count). The van der Waals surface area contributed by atoms with Crippen molar-refractivity contribution in [3.05, 3.63) is 70.5 Å². The number of likely N-dealkylation sites (tertiary alicyclic amines) is 1. The third-order valence-corrected chi connectivity index (χ3v) is 10.3. The maximum absolute atomic E-state index is 14.9. The van der Waals surface area contributed by atoms with Gasteiger partial charge < -0.3 is 0 Å². The van der Waals surface area contributed by atoms with E-state index in [9.17, 15) is 12.8 Å². The average molecular weight is 441 g/mol. The highest BCUT2D eigenvalue weighted by Gasteiger charge is 2.84. The number of rotatable bonds is 7. The van der Waals surface area contributed by atoms with E-state index in [4.69, 9.17) is 0 Å². The molecule has 3 aliphatic carbocycles. The van der Waals surface area contributed by atoms with Crippen molar-refractivity contribution in [2.45, 2.75) is 61.8 Å². The number of sulfonamides is 1. The van der Waals surface area contributed by atoms with Gasteiger partial charge in [0, 0.05) is 24.0 Å². The van der Waals surface area contributed by atoms with Crippen LogP contribution in [0.3, 0.4) is 0 Å². The fourth-order valence-electron chi connectivity index (χ4n) is 6.42. The molecule has 0 radical (unpaired) electrons. The molecule has 0 bridgehead atoms. The Labute approximate surface area is 183 Å². The molecule has 6 heteroatoms. The van der Waals surface area contributed by atoms with E-state index in [0.29, 0.717) is 30.0 Å². The summed E-state index contributed by atoms with van der Waals surface area (Å²) < 4.78 is 42.2. The fraction of sp³-hybridized carbons (Fsp3) is 0.520. The van der Waals surface area contributed by atoms with Gasteiger partial charge in [-0.1, -0.05) is 42.8 Å². The van der Waals surface area contributed by atoms with Crippen molar-refractivity contribution in [2.75, 3.05) is 13.6 Å². The molecular formula is C25H29FN2O2S. The first kappa shape index (κ1) is 19.9. The lowest BCUT2D eigenvalue weighted by atomic mass is 9.81. The Balaban J connectivity index is 1.24. The predicted molar refractivity (Wildman–Crippen MR) is 119 cm³/mol. The monoisotopic (exact) mass is 440 g/mol. The molecule has 1 saturated heterocycles. The van der Waals surface area contributed by atoms with Gasteiger partial charge in [0.15, 0.2) is 0 Å². The van der Waals surface area contributed by atoms with Crippen molar-refractivity contribution in [3.63, 3.8) is 0 Å². The summed E-state index contributed by atoms with van der Waals surface area (Å²) in [5.41, 5.74) is 4.66. The summed E-state index contributed by atoms with van der Waals surface area (Å²) in [6, 6.07) is 15.6. The number of benzene rings is 2. The van der Waals surface area contributed by atoms with Crippen molar-refractivity contribution < 1.29 is 12.8 Å². The first-order valence-electron chi connectivity index (χ1n) is 11.5. The van der Waals surface area contributed by atoms with Crippen LogP contribution in [0.25, 0.3) is 0 Å². The van der Waals surface area contributed by atoms with E-state index >= 15 is 0 Å². The summed E-state index contributed by atoms with van der Waals surface area (Å²) in [7, 11) is -1.08. The highest BCUT2D eigenvalue weighted by molar-refractivity contribution is 7.90. The number of nitrogens with zero attached hydrogens (tertiary/aromatic N) is 1. The number of halogens is 1. The number of hydrogen-bond acceptors (Lipinski definition) is 3. The molecule has 0 aromatic heterocycles. The highest BCUT2D eigenvalue weighted by Crippen LogP contribution is 2.76. The molecule has 1 heterocycles. The van der Waals surface area contributed by atoms with Gasteiger partial charge >= 0.3 is 0 Å². The van der Waals surface area contributed by atoms with Crippen LogP contribution < -0.4 is 4.72 Å². The summed E-state index contributed by atoms with van der Waals surface area (Å²) in [4.78, 5) is 2.43. The zero-order valence-electron chi connectivity index (χ0n) is 17.9. The zero-order chi connectivity index (χ0) is 21.4. The molecule has 31 heavy (non-hydrogen) atoms. The van der Waals surface area contributed by atoms with Gasteiger partial charge in [0.25, 0.3) is 0 Å². The zero-order valence-corrected chi connectivity index (χ0v) is 18.7. The molecule has 4 aliphatic rings. The van der Waals surface area contributed by atoms with Gasteiger partial charge in [-0.3, -0.25) is 4.90 Å². The third-order valence-electron chi connectivity index (χ3n) is 8.38. The molecule has 1 aliphatic heterocycles. The van der Waals surface area contributed by atoms with Gasteiger partial charge in [-0.15, -0.1) is 0 Å². The van der Waals surface area contributed by atoms with E-state index in [-0.39, 0.29) is 23.0 Å². The van der Waals surface area contributed by atoms with E-state index < -0.39 is 10.0 Å². The molecule has 4 nitrogen and oxygen atoms in total. The smallest absolute Gasteiger partial charge is 0.214 e. The van der Waals surface area contributed by atoms with E-state index in [1.165, 1.54) is 11.1 Å². The number of nitrogens with one attached hydrogen (secondary N) is 1. The van der Waals surface area contributed by atoms with Crippen molar-refractivity contribution in [3.8, 4) is 0 Å². The maximum Gasteiger partial charge on any atom is 0.214 e. The molecule has 3 atom stereocenters. The second-order valence-electron chi connectivity index (χ2n) is 9.97. The molecule has 2 saturated carbocycles. The van der Waals surface area contributed by atoms with Crippen LogP contribution in [0, 0.1) is 11.2 Å². The Morgan fingerprint density at radius 1 is 1.16 bits per heavy atom. The maximum atomic E-state index is 14.9. The van der Waals surface area contributed by atoms with E-state index in [1.807, 2.05) is 12.1 Å². The molecule has 3 fully saturated rings. The third kappa shape index (κ3) is 3.02. The molecule has 1 N–H and O–H groups in total. The number of fused-ring (bicyclic) bond motifs is 4. The van der Waals surface area contributed by atoms with Gasteiger partial charge in [0.2, 0.25) is 10.0 Å². The lowest BCUT2D eigenvalue weighted by Crippen LogP contribution is -2.39. The Hall–Kier alpha value is -1.76. The second-order valence-corrected chi connectivity index (χ2v) is 12.0. The van der Waals surface area contributed by atoms with Crippen LogP contribution in [-0.2, 0) is 29.3 Å². The predicted octanol–water partition coefficient (Wildman–Crippen LogP) is 3.41. The first-order valence-corrected chi connectivity index (χ1v) is 13.0. The fourth-order valence-corrected chi connectivity index (χ4v) is 8.00. The summed E-state index contributed by atoms with van der Waals surface area (Å²) in [6.45, 7) is 0.261. The molecule has 3 unspecified atom stereocenters. The first-order chi connectivity index (χ1) is 14.9. The Morgan fingerprint density at radius 2 is 1.90 bits per heavy atom. The average Bonchev–Trinajstić information content (AvgIpc) is 3.54. The Kier molecular flexibility index (Phi) is 4.41. The van der Waals surface area contributed by atoms with Gasteiger partial charge in [-0.05, 0) is 73.4 Å². The van der Waals surface area contributed by atoms with Crippen molar-refractivity contribution in [1.82, 2.24) is 9.62 Å². The van der Waals surface area contributed by atoms with Gasteiger partial charge in [0.05, 0.1) is 5.25 Å². The van der Waals surface area contributed by atoms with Crippen LogP contribution in [0.2, 0.25) is 0 Å². The minimum absolute atomic E-state index is 0.195. The van der Waals surface area contributed by atoms with Crippen LogP contribution >= 0.6 is 0 Å². The molecule has 2 aromatic carbocycles. The van der Waals surface area contributed by atoms with E-state index in [1.54, 1.807) is 6.07 Å². The second kappa shape index (κ2) is 6.87. The molecule has 0 amide bonds. The largest absolute Gasteiger partial charge is 0.296 e. The van der Waals surface area contributed by atoms with Crippen molar-refractivity contribution in [2.24, 2.45) is 5.41 Å². The number of likely N-dealkylation sites (N-methyl/N-ethyl adjacent to an activating group) is 1. The molecular weight excluding hydrogens is 411 g/mol. The molecule has 2 aromatic rings. The topological polar surface area (TPSA) is 49.2 Å². The van der Waals surface area contributed by atoms with Crippen molar-refractivity contribution in [1.29, 1.82) is 0 Å². The molecule has 164 valence electrons. The van der Waals surface area contributed by atoms with Crippen molar-refractivity contribution >= 4 is 10.0 Å². The minimum atomic E-state index is -3.26. The van der Waals surface area contributed by atoms with Crippen LogP contribution in [0.1, 0.15) is 47.4 Å². The van der Waals surface area contributed by atoms with Crippen LogP contribution in [0.15, 0.2) is 42.5 Å². The van der Waals surface area contributed by atoms with Gasteiger partial charge in [0.1, 0.15) is 5.82 Å². The van der Waals surface area contributed by atoms with E-state index in [0.717, 1.165) is 37.7 Å². The Bertz CT molecular complexity index is 1120. The van der Waals surface area contributed by atoms with Crippen LogP contribution in [-0.4, -0.2) is 44.2 Å².